The van der Waals surface area contributed by atoms with Crippen molar-refractivity contribution in [2.45, 2.75) is 0 Å². The van der Waals surface area contributed by atoms with Gasteiger partial charge in [-0.2, -0.15) is 0 Å². The van der Waals surface area contributed by atoms with Crippen LogP contribution in [0, 0.1) is 5.82 Å². The van der Waals surface area contributed by atoms with Crippen LogP contribution in [-0.2, 0) is 0 Å². The second-order valence-corrected chi connectivity index (χ2v) is 5.33. The van der Waals surface area contributed by atoms with E-state index in [1.54, 1.807) is 18.2 Å². The molecule has 0 aliphatic rings. The quantitative estimate of drug-likeness (QED) is 0.646. The number of aromatic nitrogens is 2. The summed E-state index contributed by atoms with van der Waals surface area (Å²) in [5, 5.41) is 0.463. The third kappa shape index (κ3) is 2.09. The van der Waals surface area contributed by atoms with Gasteiger partial charge in [-0.05, 0) is 34.1 Å². The number of nitrogens with one attached hydrogen (secondary N) is 1. The Bertz CT molecular complexity index is 746. The van der Waals surface area contributed by atoms with Crippen molar-refractivity contribution in [2.75, 3.05) is 5.73 Å². The Morgan fingerprint density at radius 3 is 2.89 bits per heavy atom. The van der Waals surface area contributed by atoms with Gasteiger partial charge in [0.25, 0.3) is 0 Å². The zero-order chi connectivity index (χ0) is 13.6. The zero-order valence-electron chi connectivity index (χ0n) is 9.55. The zero-order valence-corrected chi connectivity index (χ0v) is 11.9. The molecule has 0 radical (unpaired) electrons. The van der Waals surface area contributed by atoms with Crippen LogP contribution in [0.15, 0.2) is 34.8 Å². The number of nitrogens with zero attached hydrogens (tertiary/aromatic N) is 1. The van der Waals surface area contributed by atoms with Gasteiger partial charge in [0.05, 0.1) is 26.2 Å². The number of benzene rings is 2. The molecule has 0 spiro atoms. The van der Waals surface area contributed by atoms with Gasteiger partial charge < -0.3 is 10.7 Å². The molecule has 19 heavy (non-hydrogen) atoms. The molecular formula is C13H8BrClFN3. The fourth-order valence-electron chi connectivity index (χ4n) is 1.88. The summed E-state index contributed by atoms with van der Waals surface area (Å²) >= 11 is 9.11. The summed E-state index contributed by atoms with van der Waals surface area (Å²) < 4.78 is 13.8. The van der Waals surface area contributed by atoms with Gasteiger partial charge in [0, 0.05) is 11.6 Å². The average Bonchev–Trinajstić information content (AvgIpc) is 2.76. The van der Waals surface area contributed by atoms with Crippen molar-refractivity contribution < 1.29 is 4.39 Å². The number of nitrogen functional groups attached to an aromatic ring is 1. The van der Waals surface area contributed by atoms with Crippen molar-refractivity contribution in [3.05, 3.63) is 45.6 Å². The number of halogens is 3. The molecule has 0 saturated heterocycles. The molecule has 0 saturated carbocycles. The normalized spacial score (nSPS) is 11.1. The summed E-state index contributed by atoms with van der Waals surface area (Å²) in [6.07, 6.45) is 0. The van der Waals surface area contributed by atoms with Crippen molar-refractivity contribution >= 4 is 44.3 Å². The molecule has 3 N–H and O–H groups in total. The highest BCUT2D eigenvalue weighted by Gasteiger charge is 2.12. The molecule has 0 aliphatic heterocycles. The standard InChI is InChI=1S/C13H8BrClFN3/c14-7-4-10-11(5-9(7)16)19-13(18-10)6-2-1-3-8(15)12(6)17/h1-5H,17H2,(H,18,19). The highest BCUT2D eigenvalue weighted by molar-refractivity contribution is 9.10. The molecule has 1 heterocycles. The van der Waals surface area contributed by atoms with Crippen LogP contribution in [0.5, 0.6) is 0 Å². The predicted octanol–water partition coefficient (Wildman–Crippen LogP) is 4.37. The first kappa shape index (κ1) is 12.4. The maximum absolute atomic E-state index is 13.5. The number of para-hydroxylation sites is 1. The van der Waals surface area contributed by atoms with Gasteiger partial charge in [-0.25, -0.2) is 9.37 Å². The number of aromatic amines is 1. The summed E-state index contributed by atoms with van der Waals surface area (Å²) in [4.78, 5) is 7.43. The summed E-state index contributed by atoms with van der Waals surface area (Å²) in [5.41, 5.74) is 8.32. The van der Waals surface area contributed by atoms with Crippen LogP contribution in [0.2, 0.25) is 5.02 Å². The van der Waals surface area contributed by atoms with E-state index in [0.29, 0.717) is 37.6 Å². The molecular weight excluding hydrogens is 333 g/mol. The monoisotopic (exact) mass is 339 g/mol. The van der Waals surface area contributed by atoms with E-state index in [0.717, 1.165) is 0 Å². The van der Waals surface area contributed by atoms with E-state index < -0.39 is 0 Å². The Balaban J connectivity index is 2.23. The summed E-state index contributed by atoms with van der Waals surface area (Å²) in [6, 6.07) is 8.31. The first-order valence-electron chi connectivity index (χ1n) is 5.45. The Morgan fingerprint density at radius 1 is 1.32 bits per heavy atom. The highest BCUT2D eigenvalue weighted by Crippen LogP contribution is 2.31. The van der Waals surface area contributed by atoms with Crippen molar-refractivity contribution in [1.29, 1.82) is 0 Å². The van der Waals surface area contributed by atoms with Crippen LogP contribution >= 0.6 is 27.5 Å². The summed E-state index contributed by atoms with van der Waals surface area (Å²) in [6.45, 7) is 0. The van der Waals surface area contributed by atoms with E-state index >= 15 is 0 Å². The van der Waals surface area contributed by atoms with Gasteiger partial charge in [-0.15, -0.1) is 0 Å². The van der Waals surface area contributed by atoms with Crippen LogP contribution in [0.4, 0.5) is 10.1 Å². The van der Waals surface area contributed by atoms with Gasteiger partial charge in [0.15, 0.2) is 0 Å². The molecule has 0 aliphatic carbocycles. The van der Waals surface area contributed by atoms with E-state index in [1.165, 1.54) is 6.07 Å². The van der Waals surface area contributed by atoms with E-state index in [-0.39, 0.29) is 5.82 Å². The van der Waals surface area contributed by atoms with Crippen molar-refractivity contribution in [3.63, 3.8) is 0 Å². The second kappa shape index (κ2) is 4.51. The Morgan fingerprint density at radius 2 is 2.11 bits per heavy atom. The minimum atomic E-state index is -0.346. The number of imidazole rings is 1. The van der Waals surface area contributed by atoms with Gasteiger partial charge in [0.1, 0.15) is 11.6 Å². The van der Waals surface area contributed by atoms with Crippen molar-refractivity contribution in [3.8, 4) is 11.4 Å². The predicted molar refractivity (Wildman–Crippen MR) is 78.6 cm³/mol. The minimum absolute atomic E-state index is 0.346. The lowest BCUT2D eigenvalue weighted by molar-refractivity contribution is 0.623. The SMILES string of the molecule is Nc1c(Cl)cccc1-c1nc2cc(Br)c(F)cc2[nH]1. The largest absolute Gasteiger partial charge is 0.397 e. The number of fused-ring (bicyclic) bond motifs is 1. The average molecular weight is 341 g/mol. The second-order valence-electron chi connectivity index (χ2n) is 4.07. The molecule has 0 fully saturated rings. The Labute approximate surface area is 121 Å². The number of anilines is 1. The minimum Gasteiger partial charge on any atom is -0.397 e. The number of rotatable bonds is 1. The fourth-order valence-corrected chi connectivity index (χ4v) is 2.38. The molecule has 0 unspecified atom stereocenters. The molecule has 3 rings (SSSR count). The third-order valence-electron chi connectivity index (χ3n) is 2.83. The maximum Gasteiger partial charge on any atom is 0.140 e. The van der Waals surface area contributed by atoms with E-state index in [9.17, 15) is 4.39 Å². The molecule has 2 aromatic carbocycles. The lowest BCUT2D eigenvalue weighted by atomic mass is 10.2. The number of nitrogens with two attached hydrogens (primary N) is 1. The first-order valence-corrected chi connectivity index (χ1v) is 6.62. The topological polar surface area (TPSA) is 54.7 Å². The van der Waals surface area contributed by atoms with Crippen LogP contribution in [0.25, 0.3) is 22.4 Å². The van der Waals surface area contributed by atoms with Crippen LogP contribution in [-0.4, -0.2) is 9.97 Å². The van der Waals surface area contributed by atoms with Gasteiger partial charge >= 0.3 is 0 Å². The van der Waals surface area contributed by atoms with Crippen LogP contribution in [0.1, 0.15) is 0 Å². The molecule has 3 nitrogen and oxygen atoms in total. The lowest BCUT2D eigenvalue weighted by Crippen LogP contribution is -1.92. The third-order valence-corrected chi connectivity index (χ3v) is 3.77. The number of hydrogen-bond donors (Lipinski definition) is 2. The number of hydrogen-bond acceptors (Lipinski definition) is 2. The fraction of sp³-hybridized carbons (Fsp3) is 0. The van der Waals surface area contributed by atoms with Crippen LogP contribution in [0.3, 0.4) is 0 Å². The molecule has 0 atom stereocenters. The van der Waals surface area contributed by atoms with Crippen molar-refractivity contribution in [2.24, 2.45) is 0 Å². The smallest absolute Gasteiger partial charge is 0.140 e. The van der Waals surface area contributed by atoms with Gasteiger partial charge in [-0.1, -0.05) is 17.7 Å². The van der Waals surface area contributed by atoms with E-state index in [1.807, 2.05) is 6.07 Å². The highest BCUT2D eigenvalue weighted by atomic mass is 79.9. The molecule has 6 heteroatoms. The van der Waals surface area contributed by atoms with Gasteiger partial charge in [-0.3, -0.25) is 0 Å². The molecule has 96 valence electrons. The van der Waals surface area contributed by atoms with Crippen LogP contribution < -0.4 is 5.73 Å². The van der Waals surface area contributed by atoms with Gasteiger partial charge in [0.2, 0.25) is 0 Å². The molecule has 3 aromatic rings. The van der Waals surface area contributed by atoms with Crippen molar-refractivity contribution in [1.82, 2.24) is 9.97 Å². The van der Waals surface area contributed by atoms with E-state index in [2.05, 4.69) is 25.9 Å². The molecule has 1 aromatic heterocycles. The van der Waals surface area contributed by atoms with E-state index in [4.69, 9.17) is 17.3 Å². The first-order chi connectivity index (χ1) is 9.06. The number of H-pyrrole nitrogens is 1. The Hall–Kier alpha value is -1.59. The maximum atomic E-state index is 13.5. The molecule has 0 amide bonds. The summed E-state index contributed by atoms with van der Waals surface area (Å²) in [5.74, 6) is 0.217. The lowest BCUT2D eigenvalue weighted by Gasteiger charge is -2.03. The molecule has 0 bridgehead atoms. The summed E-state index contributed by atoms with van der Waals surface area (Å²) in [7, 11) is 0. The Kier molecular flexibility index (Phi) is 2.95.